The van der Waals surface area contributed by atoms with E-state index in [0.29, 0.717) is 0 Å². The van der Waals surface area contributed by atoms with Gasteiger partial charge in [-0.1, -0.05) is 0 Å². The number of ether oxygens (including phenoxy) is 1. The first-order valence-electron chi connectivity index (χ1n) is 3.99. The summed E-state index contributed by atoms with van der Waals surface area (Å²) < 4.78 is 5.09. The van der Waals surface area contributed by atoms with Gasteiger partial charge in [0.25, 0.3) is 0 Å². The Morgan fingerprint density at radius 3 is 2.60 bits per heavy atom. The fourth-order valence-corrected chi connectivity index (χ4v) is 1.27. The van der Waals surface area contributed by atoms with Gasteiger partial charge in [0.15, 0.2) is 0 Å². The highest BCUT2D eigenvalue weighted by Crippen LogP contribution is 2.23. The van der Waals surface area contributed by atoms with Crippen LogP contribution < -0.4 is 10.5 Å². The van der Waals surface area contributed by atoms with Crippen LogP contribution in [0.15, 0.2) is 30.5 Å². The number of nitrogen functional groups attached to an aromatic ring is 1. The lowest BCUT2D eigenvalue weighted by molar-refractivity contribution is 0.415. The number of hydrogen-bond donors (Lipinski definition) is 1. The number of aromatic nitrogens is 1. The molecule has 1 heterocycles. The molecule has 0 fully saturated rings. The average molecular weight is 247 g/mol. The molecule has 0 aliphatic heterocycles. The van der Waals surface area contributed by atoms with E-state index in [9.17, 15) is 0 Å². The highest BCUT2D eigenvalue weighted by atomic mass is 35.5. The van der Waals surface area contributed by atoms with Crippen molar-refractivity contribution in [1.82, 2.24) is 4.98 Å². The van der Waals surface area contributed by atoms with Gasteiger partial charge in [-0.2, -0.15) is 0 Å². The monoisotopic (exact) mass is 246 g/mol. The Hall–Kier alpha value is -1.19. The summed E-state index contributed by atoms with van der Waals surface area (Å²) in [6.07, 6.45) is 1.70. The van der Waals surface area contributed by atoms with Crippen molar-refractivity contribution in [3.63, 3.8) is 0 Å². The van der Waals surface area contributed by atoms with Gasteiger partial charge in [-0.05, 0) is 24.3 Å². The molecule has 5 heteroatoms. The van der Waals surface area contributed by atoms with Gasteiger partial charge in [-0.3, -0.25) is 4.98 Å². The van der Waals surface area contributed by atoms with Crippen molar-refractivity contribution in [2.45, 2.75) is 0 Å². The molecule has 2 aromatic rings. The second kappa shape index (κ2) is 5.63. The highest BCUT2D eigenvalue weighted by Gasteiger charge is 1.99. The van der Waals surface area contributed by atoms with E-state index < -0.39 is 0 Å². The molecule has 2 rings (SSSR count). The summed E-state index contributed by atoms with van der Waals surface area (Å²) in [5.41, 5.74) is 7.40. The van der Waals surface area contributed by atoms with Crippen molar-refractivity contribution in [1.29, 1.82) is 0 Å². The molecule has 0 saturated heterocycles. The minimum atomic E-state index is 0. The smallest absolute Gasteiger partial charge is 0.119 e. The second-order valence-electron chi connectivity index (χ2n) is 2.78. The van der Waals surface area contributed by atoms with Crippen LogP contribution in [0.1, 0.15) is 0 Å². The molecule has 0 radical (unpaired) electrons. The number of rotatable bonds is 1. The van der Waals surface area contributed by atoms with E-state index in [-0.39, 0.29) is 24.8 Å². The average Bonchev–Trinajstić information content (AvgIpc) is 2.18. The first-order valence-corrected chi connectivity index (χ1v) is 3.99. The number of fused-ring (bicyclic) bond motifs is 1. The summed E-state index contributed by atoms with van der Waals surface area (Å²) in [6, 6.07) is 7.43. The molecule has 0 aliphatic rings. The Morgan fingerprint density at radius 1 is 1.20 bits per heavy atom. The van der Waals surface area contributed by atoms with E-state index in [1.165, 1.54) is 0 Å². The molecule has 1 aromatic heterocycles. The van der Waals surface area contributed by atoms with Crippen LogP contribution >= 0.6 is 24.8 Å². The van der Waals surface area contributed by atoms with Crippen LogP contribution in [0.3, 0.4) is 0 Å². The number of hydrogen-bond acceptors (Lipinski definition) is 3. The Kier molecular flexibility index (Phi) is 5.19. The number of pyridine rings is 1. The number of nitrogens with two attached hydrogens (primary N) is 1. The fourth-order valence-electron chi connectivity index (χ4n) is 1.27. The molecule has 82 valence electrons. The van der Waals surface area contributed by atoms with Gasteiger partial charge in [0.2, 0.25) is 0 Å². The molecule has 3 nitrogen and oxygen atoms in total. The summed E-state index contributed by atoms with van der Waals surface area (Å²) in [5, 5.41) is 0.932. The number of benzene rings is 1. The second-order valence-corrected chi connectivity index (χ2v) is 2.78. The quantitative estimate of drug-likeness (QED) is 0.842. The zero-order chi connectivity index (χ0) is 9.26. The zero-order valence-electron chi connectivity index (χ0n) is 8.14. The molecule has 0 spiro atoms. The zero-order valence-corrected chi connectivity index (χ0v) is 9.77. The van der Waals surface area contributed by atoms with Crippen LogP contribution in [-0.4, -0.2) is 12.1 Å². The Bertz CT molecular complexity index is 448. The van der Waals surface area contributed by atoms with Crippen LogP contribution in [0.2, 0.25) is 0 Å². The molecule has 0 amide bonds. The third-order valence-corrected chi connectivity index (χ3v) is 1.98. The molecular formula is C10H12Cl2N2O. The van der Waals surface area contributed by atoms with E-state index in [4.69, 9.17) is 10.5 Å². The molecule has 1 aromatic carbocycles. The van der Waals surface area contributed by atoms with Crippen LogP contribution in [-0.2, 0) is 0 Å². The molecule has 0 aliphatic carbocycles. The summed E-state index contributed by atoms with van der Waals surface area (Å²) >= 11 is 0. The van der Waals surface area contributed by atoms with Crippen molar-refractivity contribution in [2.75, 3.05) is 12.8 Å². The molecule has 0 saturated carbocycles. The minimum Gasteiger partial charge on any atom is -0.497 e. The number of nitrogens with zero attached hydrogens (tertiary/aromatic N) is 1. The third kappa shape index (κ3) is 2.64. The van der Waals surface area contributed by atoms with Crippen LogP contribution in [0, 0.1) is 0 Å². The molecule has 2 N–H and O–H groups in total. The van der Waals surface area contributed by atoms with E-state index in [1.807, 2.05) is 18.2 Å². The van der Waals surface area contributed by atoms with Crippen molar-refractivity contribution in [3.8, 4) is 5.75 Å². The molecule has 15 heavy (non-hydrogen) atoms. The Morgan fingerprint density at radius 2 is 1.93 bits per heavy atom. The van der Waals surface area contributed by atoms with Gasteiger partial charge in [-0.15, -0.1) is 24.8 Å². The van der Waals surface area contributed by atoms with Gasteiger partial charge in [0.05, 0.1) is 12.6 Å². The lowest BCUT2D eigenvalue weighted by Crippen LogP contribution is -1.89. The number of methoxy groups -OCH3 is 1. The van der Waals surface area contributed by atoms with Crippen LogP contribution in [0.25, 0.3) is 10.9 Å². The predicted molar refractivity (Wildman–Crippen MR) is 67.2 cm³/mol. The van der Waals surface area contributed by atoms with Gasteiger partial charge >= 0.3 is 0 Å². The Labute approximate surface area is 100 Å². The molecular weight excluding hydrogens is 235 g/mol. The van der Waals surface area contributed by atoms with Crippen molar-refractivity contribution in [2.24, 2.45) is 0 Å². The number of anilines is 1. The van der Waals surface area contributed by atoms with Gasteiger partial charge < -0.3 is 10.5 Å². The first kappa shape index (κ1) is 13.8. The van der Waals surface area contributed by atoms with Gasteiger partial charge in [0.1, 0.15) is 5.75 Å². The van der Waals surface area contributed by atoms with Crippen LogP contribution in [0.4, 0.5) is 5.69 Å². The van der Waals surface area contributed by atoms with Gasteiger partial charge in [0, 0.05) is 17.3 Å². The van der Waals surface area contributed by atoms with Gasteiger partial charge in [-0.25, -0.2) is 0 Å². The predicted octanol–water partition coefficient (Wildman–Crippen LogP) is 2.67. The van der Waals surface area contributed by atoms with E-state index in [0.717, 1.165) is 22.3 Å². The molecule has 0 unspecified atom stereocenters. The number of halogens is 2. The fraction of sp³-hybridized carbons (Fsp3) is 0.100. The maximum atomic E-state index is 5.78. The topological polar surface area (TPSA) is 48.1 Å². The third-order valence-electron chi connectivity index (χ3n) is 1.98. The summed E-state index contributed by atoms with van der Waals surface area (Å²) in [5.74, 6) is 0.798. The standard InChI is InChI=1S/C10H10N2O.2ClH/c1-13-7-2-3-10-8(6-7)9(11)4-5-12-10;;/h2-6H,1H3,(H2,11,12);2*1H. The summed E-state index contributed by atoms with van der Waals surface area (Å²) in [6.45, 7) is 0. The summed E-state index contributed by atoms with van der Waals surface area (Å²) in [7, 11) is 1.63. The van der Waals surface area contributed by atoms with Crippen molar-refractivity contribution in [3.05, 3.63) is 30.5 Å². The van der Waals surface area contributed by atoms with Crippen LogP contribution in [0.5, 0.6) is 5.75 Å². The first-order chi connectivity index (χ1) is 6.31. The largest absolute Gasteiger partial charge is 0.497 e. The van der Waals surface area contributed by atoms with Crippen molar-refractivity contribution < 1.29 is 4.74 Å². The van der Waals surface area contributed by atoms with E-state index >= 15 is 0 Å². The maximum Gasteiger partial charge on any atom is 0.119 e. The summed E-state index contributed by atoms with van der Waals surface area (Å²) in [4.78, 5) is 4.18. The van der Waals surface area contributed by atoms with E-state index in [2.05, 4.69) is 4.98 Å². The Balaban J connectivity index is 0.000000980. The highest BCUT2D eigenvalue weighted by molar-refractivity contribution is 5.90. The normalized spacial score (nSPS) is 8.87. The van der Waals surface area contributed by atoms with Crippen molar-refractivity contribution >= 4 is 41.4 Å². The molecule has 0 bridgehead atoms. The SMILES string of the molecule is COc1ccc2nccc(N)c2c1.Cl.Cl. The van der Waals surface area contributed by atoms with E-state index in [1.54, 1.807) is 19.4 Å². The lowest BCUT2D eigenvalue weighted by atomic mass is 10.2. The maximum absolute atomic E-state index is 5.78. The molecule has 0 atom stereocenters. The lowest BCUT2D eigenvalue weighted by Gasteiger charge is -2.03. The minimum absolute atomic E-state index is 0.